The van der Waals surface area contributed by atoms with Gasteiger partial charge >= 0.3 is 0 Å². The van der Waals surface area contributed by atoms with Gasteiger partial charge < -0.3 is 5.32 Å². The Morgan fingerprint density at radius 1 is 0.950 bits per heavy atom. The Balaban J connectivity index is 1.77. The van der Waals surface area contributed by atoms with Gasteiger partial charge in [0.15, 0.2) is 0 Å². The van der Waals surface area contributed by atoms with E-state index in [4.69, 9.17) is 0 Å². The highest BCUT2D eigenvalue weighted by atomic mass is 14.9. The number of rotatable bonds is 4. The number of nitrogens with one attached hydrogen (secondary N) is 1. The van der Waals surface area contributed by atoms with Gasteiger partial charge in [-0.05, 0) is 23.6 Å². The fraction of sp³-hybridized carbons (Fsp3) is 0.167. The molecule has 3 aromatic rings. The number of pyridine rings is 1. The summed E-state index contributed by atoms with van der Waals surface area (Å²) in [6.07, 6.45) is 1.86. The molecule has 0 fully saturated rings. The molecule has 2 aromatic carbocycles. The first-order valence-corrected chi connectivity index (χ1v) is 6.97. The van der Waals surface area contributed by atoms with Gasteiger partial charge in [0, 0.05) is 23.8 Å². The Morgan fingerprint density at radius 3 is 2.55 bits per heavy atom. The lowest BCUT2D eigenvalue weighted by Crippen LogP contribution is -2.10. The van der Waals surface area contributed by atoms with Gasteiger partial charge in [-0.3, -0.25) is 4.98 Å². The maximum absolute atomic E-state index is 4.39. The zero-order valence-electron chi connectivity index (χ0n) is 11.6. The second kappa shape index (κ2) is 5.74. The van der Waals surface area contributed by atoms with Gasteiger partial charge in [0.2, 0.25) is 0 Å². The first-order chi connectivity index (χ1) is 9.84. The highest BCUT2D eigenvalue weighted by molar-refractivity contribution is 5.90. The fourth-order valence-electron chi connectivity index (χ4n) is 2.41. The van der Waals surface area contributed by atoms with E-state index in [1.54, 1.807) is 0 Å². The van der Waals surface area contributed by atoms with Gasteiger partial charge in [0.25, 0.3) is 0 Å². The summed E-state index contributed by atoms with van der Waals surface area (Å²) in [4.78, 5) is 4.39. The highest BCUT2D eigenvalue weighted by Gasteiger charge is 2.06. The molecular weight excluding hydrogens is 244 g/mol. The van der Waals surface area contributed by atoms with Gasteiger partial charge in [-0.2, -0.15) is 0 Å². The minimum atomic E-state index is 0.475. The first kappa shape index (κ1) is 12.7. The van der Waals surface area contributed by atoms with E-state index in [0.29, 0.717) is 5.92 Å². The summed E-state index contributed by atoms with van der Waals surface area (Å²) in [5.74, 6) is 0.475. The van der Waals surface area contributed by atoms with Crippen LogP contribution in [-0.2, 0) is 0 Å². The molecule has 100 valence electrons. The molecule has 1 atom stereocenters. The molecule has 1 aromatic heterocycles. The summed E-state index contributed by atoms with van der Waals surface area (Å²) < 4.78 is 0. The predicted molar refractivity (Wildman–Crippen MR) is 85.1 cm³/mol. The quantitative estimate of drug-likeness (QED) is 0.751. The van der Waals surface area contributed by atoms with E-state index in [-0.39, 0.29) is 0 Å². The molecule has 0 bridgehead atoms. The van der Waals surface area contributed by atoms with Crippen molar-refractivity contribution in [1.29, 1.82) is 0 Å². The van der Waals surface area contributed by atoms with E-state index in [1.807, 2.05) is 24.4 Å². The van der Waals surface area contributed by atoms with Crippen LogP contribution in [0.4, 0.5) is 5.69 Å². The van der Waals surface area contributed by atoms with E-state index in [2.05, 4.69) is 59.7 Å². The molecule has 0 aliphatic heterocycles. The van der Waals surface area contributed by atoms with Crippen molar-refractivity contribution in [2.45, 2.75) is 12.8 Å². The van der Waals surface area contributed by atoms with Crippen molar-refractivity contribution in [1.82, 2.24) is 4.98 Å². The minimum absolute atomic E-state index is 0.475. The van der Waals surface area contributed by atoms with Crippen molar-refractivity contribution in [2.75, 3.05) is 11.9 Å². The average molecular weight is 262 g/mol. The molecule has 20 heavy (non-hydrogen) atoms. The highest BCUT2D eigenvalue weighted by Crippen LogP contribution is 2.22. The van der Waals surface area contributed by atoms with E-state index in [9.17, 15) is 0 Å². The zero-order valence-corrected chi connectivity index (χ0v) is 11.6. The molecule has 0 radical (unpaired) electrons. The number of hydrogen-bond acceptors (Lipinski definition) is 2. The van der Waals surface area contributed by atoms with E-state index < -0.39 is 0 Å². The molecule has 0 saturated carbocycles. The van der Waals surface area contributed by atoms with Crippen molar-refractivity contribution >= 4 is 16.6 Å². The molecule has 1 N–H and O–H groups in total. The van der Waals surface area contributed by atoms with Crippen molar-refractivity contribution < 1.29 is 0 Å². The van der Waals surface area contributed by atoms with Crippen LogP contribution in [0.2, 0.25) is 0 Å². The lowest BCUT2D eigenvalue weighted by atomic mass is 10.0. The molecule has 0 aliphatic carbocycles. The zero-order chi connectivity index (χ0) is 13.8. The second-order valence-corrected chi connectivity index (χ2v) is 5.07. The maximum atomic E-state index is 4.39. The number of nitrogens with zero attached hydrogens (tertiary/aromatic N) is 1. The first-order valence-electron chi connectivity index (χ1n) is 6.97. The number of aromatic nitrogens is 1. The van der Waals surface area contributed by atoms with E-state index >= 15 is 0 Å². The summed E-state index contributed by atoms with van der Waals surface area (Å²) >= 11 is 0. The van der Waals surface area contributed by atoms with Gasteiger partial charge in [-0.1, -0.05) is 55.5 Å². The van der Waals surface area contributed by atoms with Crippen molar-refractivity contribution in [3.05, 3.63) is 72.4 Å². The van der Waals surface area contributed by atoms with Crippen LogP contribution >= 0.6 is 0 Å². The van der Waals surface area contributed by atoms with Crippen LogP contribution in [-0.4, -0.2) is 11.5 Å². The van der Waals surface area contributed by atoms with E-state index in [1.165, 1.54) is 10.9 Å². The molecule has 0 spiro atoms. The molecule has 0 aliphatic rings. The maximum Gasteiger partial charge on any atom is 0.0722 e. The van der Waals surface area contributed by atoms with Crippen molar-refractivity contribution in [3.63, 3.8) is 0 Å². The van der Waals surface area contributed by atoms with Gasteiger partial charge in [-0.15, -0.1) is 0 Å². The smallest absolute Gasteiger partial charge is 0.0722 e. The molecular formula is C18H18N2. The lowest BCUT2D eigenvalue weighted by Gasteiger charge is -2.15. The van der Waals surface area contributed by atoms with Crippen LogP contribution in [0.15, 0.2) is 66.9 Å². The van der Waals surface area contributed by atoms with Crippen LogP contribution in [0.3, 0.4) is 0 Å². The molecule has 2 nitrogen and oxygen atoms in total. The summed E-state index contributed by atoms with van der Waals surface area (Å²) in [6.45, 7) is 3.16. The number of para-hydroxylation sites is 1. The minimum Gasteiger partial charge on any atom is -0.384 e. The third-order valence-electron chi connectivity index (χ3n) is 3.62. The van der Waals surface area contributed by atoms with Crippen molar-refractivity contribution in [2.24, 2.45) is 0 Å². The second-order valence-electron chi connectivity index (χ2n) is 5.07. The lowest BCUT2D eigenvalue weighted by molar-refractivity contribution is 0.805. The van der Waals surface area contributed by atoms with Crippen LogP contribution in [0.5, 0.6) is 0 Å². The van der Waals surface area contributed by atoms with Crippen LogP contribution in [0, 0.1) is 0 Å². The molecule has 0 saturated heterocycles. The molecule has 3 rings (SSSR count). The number of fused-ring (bicyclic) bond motifs is 1. The predicted octanol–water partition coefficient (Wildman–Crippen LogP) is 4.45. The summed E-state index contributed by atoms with van der Waals surface area (Å²) in [5.41, 5.74) is 3.54. The van der Waals surface area contributed by atoms with Crippen molar-refractivity contribution in [3.8, 4) is 0 Å². The number of benzene rings is 2. The van der Waals surface area contributed by atoms with Gasteiger partial charge in [0.1, 0.15) is 0 Å². The van der Waals surface area contributed by atoms with Crippen LogP contribution < -0.4 is 5.32 Å². The Morgan fingerprint density at radius 2 is 1.70 bits per heavy atom. The van der Waals surface area contributed by atoms with Gasteiger partial charge in [0.05, 0.1) is 5.52 Å². The fourth-order valence-corrected chi connectivity index (χ4v) is 2.41. The Kier molecular flexibility index (Phi) is 3.64. The van der Waals surface area contributed by atoms with Gasteiger partial charge in [-0.25, -0.2) is 0 Å². The van der Waals surface area contributed by atoms with Crippen LogP contribution in [0.25, 0.3) is 10.9 Å². The Hall–Kier alpha value is -2.35. The average Bonchev–Trinajstić information content (AvgIpc) is 2.53. The molecule has 2 heteroatoms. The normalized spacial score (nSPS) is 12.2. The number of anilines is 1. The van der Waals surface area contributed by atoms with Crippen LogP contribution in [0.1, 0.15) is 18.4 Å². The number of hydrogen-bond donors (Lipinski definition) is 1. The van der Waals surface area contributed by atoms with E-state index in [0.717, 1.165) is 17.7 Å². The topological polar surface area (TPSA) is 24.9 Å². The SMILES string of the molecule is CC(CNc1ccnc2ccccc12)c1ccccc1. The summed E-state index contributed by atoms with van der Waals surface area (Å²) in [5, 5.41) is 4.72. The Labute approximate surface area is 119 Å². The summed E-state index contributed by atoms with van der Waals surface area (Å²) in [6, 6.07) is 20.9. The third kappa shape index (κ3) is 2.64. The standard InChI is InChI=1S/C18H18N2/c1-14(15-7-3-2-4-8-15)13-20-18-11-12-19-17-10-6-5-9-16(17)18/h2-12,14H,13H2,1H3,(H,19,20). The Bertz CT molecular complexity index is 687. The largest absolute Gasteiger partial charge is 0.384 e. The molecule has 0 amide bonds. The molecule has 1 unspecified atom stereocenters. The summed E-state index contributed by atoms with van der Waals surface area (Å²) in [7, 11) is 0. The third-order valence-corrected chi connectivity index (χ3v) is 3.62. The monoisotopic (exact) mass is 262 g/mol. The molecule has 1 heterocycles.